The van der Waals surface area contributed by atoms with Gasteiger partial charge in [0.2, 0.25) is 5.91 Å². The largest absolute Gasteiger partial charge is 0.497 e. The number of hydrogen-bond acceptors (Lipinski definition) is 5. The summed E-state index contributed by atoms with van der Waals surface area (Å²) in [4.78, 5) is 29.5. The highest BCUT2D eigenvalue weighted by Gasteiger charge is 2.18. The highest BCUT2D eigenvalue weighted by molar-refractivity contribution is 7.17. The fourth-order valence-electron chi connectivity index (χ4n) is 3.53. The van der Waals surface area contributed by atoms with E-state index in [0.29, 0.717) is 10.2 Å². The van der Waals surface area contributed by atoms with E-state index in [9.17, 15) is 9.59 Å². The van der Waals surface area contributed by atoms with Gasteiger partial charge >= 0.3 is 0 Å². The number of carbonyl (C=O) groups is 1. The number of carbonyl (C=O) groups excluding carboxylic acids is 1. The fourth-order valence-corrected chi connectivity index (χ4v) is 4.50. The van der Waals surface area contributed by atoms with Gasteiger partial charge in [-0.2, -0.15) is 0 Å². The zero-order valence-electron chi connectivity index (χ0n) is 15.1. The number of thiophene rings is 1. The average molecular weight is 383 g/mol. The topological polar surface area (TPSA) is 73.2 Å². The molecule has 1 fully saturated rings. The molecule has 0 radical (unpaired) electrons. The SMILES string of the molecule is COc1ccc(-c2csc3c(=O)n(CC(=O)NC4CCCC4)cnc23)cc1. The molecule has 6 nitrogen and oxygen atoms in total. The van der Waals surface area contributed by atoms with Crippen LogP contribution in [0.25, 0.3) is 21.3 Å². The molecule has 1 N–H and O–H groups in total. The number of amides is 1. The molecule has 1 saturated carbocycles. The monoisotopic (exact) mass is 383 g/mol. The Hall–Kier alpha value is -2.67. The molecule has 0 spiro atoms. The molecule has 1 aliphatic rings. The predicted molar refractivity (Wildman–Crippen MR) is 106 cm³/mol. The average Bonchev–Trinajstić information content (AvgIpc) is 3.34. The van der Waals surface area contributed by atoms with Crippen LogP contribution < -0.4 is 15.6 Å². The lowest BCUT2D eigenvalue weighted by molar-refractivity contribution is -0.122. The molecule has 7 heteroatoms. The van der Waals surface area contributed by atoms with Gasteiger partial charge in [-0.3, -0.25) is 14.2 Å². The molecular formula is C20H21N3O3S. The molecule has 0 saturated heterocycles. The summed E-state index contributed by atoms with van der Waals surface area (Å²) in [7, 11) is 1.63. The first-order chi connectivity index (χ1) is 13.2. The first kappa shape index (κ1) is 17.7. The van der Waals surface area contributed by atoms with Crippen LogP contribution in [0.15, 0.2) is 40.8 Å². The molecule has 27 heavy (non-hydrogen) atoms. The van der Waals surface area contributed by atoms with Gasteiger partial charge in [-0.25, -0.2) is 4.98 Å². The third kappa shape index (κ3) is 3.60. The standard InChI is InChI=1S/C20H21N3O3S/c1-26-15-8-6-13(7-9-15)16-11-27-19-18(16)21-12-23(20(19)25)10-17(24)22-14-4-2-3-5-14/h6-9,11-12,14H,2-5,10H2,1H3,(H,22,24). The highest BCUT2D eigenvalue weighted by atomic mass is 32.1. The molecule has 0 unspecified atom stereocenters. The van der Waals surface area contributed by atoms with Crippen molar-refractivity contribution in [2.75, 3.05) is 7.11 Å². The molecule has 4 rings (SSSR count). The summed E-state index contributed by atoms with van der Waals surface area (Å²) in [5.74, 6) is 0.652. The van der Waals surface area contributed by atoms with E-state index in [0.717, 1.165) is 42.6 Å². The minimum Gasteiger partial charge on any atom is -0.497 e. The van der Waals surface area contributed by atoms with Gasteiger partial charge in [0.05, 0.1) is 19.0 Å². The molecule has 140 valence electrons. The van der Waals surface area contributed by atoms with Crippen LogP contribution in [0.5, 0.6) is 5.75 Å². The van der Waals surface area contributed by atoms with Crippen molar-refractivity contribution in [2.24, 2.45) is 0 Å². The molecule has 1 amide bonds. The second-order valence-corrected chi connectivity index (χ2v) is 7.66. The van der Waals surface area contributed by atoms with Crippen LogP contribution in [0, 0.1) is 0 Å². The van der Waals surface area contributed by atoms with E-state index < -0.39 is 0 Å². The Balaban J connectivity index is 1.59. The van der Waals surface area contributed by atoms with Crippen molar-refractivity contribution < 1.29 is 9.53 Å². The predicted octanol–water partition coefficient (Wildman–Crippen LogP) is 3.19. The zero-order valence-corrected chi connectivity index (χ0v) is 15.9. The van der Waals surface area contributed by atoms with E-state index in [1.165, 1.54) is 22.2 Å². The van der Waals surface area contributed by atoms with Crippen LogP contribution in [0.1, 0.15) is 25.7 Å². The lowest BCUT2D eigenvalue weighted by Crippen LogP contribution is -2.37. The zero-order chi connectivity index (χ0) is 18.8. The first-order valence-electron chi connectivity index (χ1n) is 9.06. The van der Waals surface area contributed by atoms with E-state index >= 15 is 0 Å². The molecule has 3 aromatic rings. The Morgan fingerprint density at radius 3 is 2.74 bits per heavy atom. The third-order valence-corrected chi connectivity index (χ3v) is 5.94. The Morgan fingerprint density at radius 2 is 2.04 bits per heavy atom. The van der Waals surface area contributed by atoms with Crippen molar-refractivity contribution in [2.45, 2.75) is 38.3 Å². The molecule has 0 aliphatic heterocycles. The lowest BCUT2D eigenvalue weighted by atomic mass is 10.1. The van der Waals surface area contributed by atoms with Crippen molar-refractivity contribution in [3.05, 3.63) is 46.3 Å². The quantitative estimate of drug-likeness (QED) is 0.734. The van der Waals surface area contributed by atoms with Crippen LogP contribution in [0.3, 0.4) is 0 Å². The summed E-state index contributed by atoms with van der Waals surface area (Å²) < 4.78 is 7.15. The van der Waals surface area contributed by atoms with Gasteiger partial charge in [0, 0.05) is 17.0 Å². The molecule has 0 bridgehead atoms. The minimum atomic E-state index is -0.175. The second kappa shape index (κ2) is 7.52. The normalized spacial score (nSPS) is 14.6. The van der Waals surface area contributed by atoms with Crippen LogP contribution >= 0.6 is 11.3 Å². The van der Waals surface area contributed by atoms with Gasteiger partial charge in [-0.1, -0.05) is 25.0 Å². The summed E-state index contributed by atoms with van der Waals surface area (Å²) in [6.45, 7) is 0.00798. The van der Waals surface area contributed by atoms with Crippen molar-refractivity contribution in [1.82, 2.24) is 14.9 Å². The van der Waals surface area contributed by atoms with Crippen LogP contribution in [-0.2, 0) is 11.3 Å². The van der Waals surface area contributed by atoms with Crippen molar-refractivity contribution in [1.29, 1.82) is 0 Å². The number of nitrogens with one attached hydrogen (secondary N) is 1. The summed E-state index contributed by atoms with van der Waals surface area (Å²) in [5.41, 5.74) is 2.39. The Labute approximate surface area is 160 Å². The third-order valence-electron chi connectivity index (χ3n) is 4.98. The molecular weight excluding hydrogens is 362 g/mol. The van der Waals surface area contributed by atoms with Crippen LogP contribution in [0.2, 0.25) is 0 Å². The maximum atomic E-state index is 12.8. The molecule has 1 aliphatic carbocycles. The van der Waals surface area contributed by atoms with E-state index in [4.69, 9.17) is 4.74 Å². The minimum absolute atomic E-state index is 0.00798. The second-order valence-electron chi connectivity index (χ2n) is 6.78. The number of fused-ring (bicyclic) bond motifs is 1. The van der Waals surface area contributed by atoms with Gasteiger partial charge in [0.1, 0.15) is 17.0 Å². The number of ether oxygens (including phenoxy) is 1. The number of benzene rings is 1. The van der Waals surface area contributed by atoms with Gasteiger partial charge < -0.3 is 10.1 Å². The fraction of sp³-hybridized carbons (Fsp3) is 0.350. The van der Waals surface area contributed by atoms with E-state index in [1.807, 2.05) is 29.6 Å². The summed E-state index contributed by atoms with van der Waals surface area (Å²) >= 11 is 1.36. The first-order valence-corrected chi connectivity index (χ1v) is 9.94. The summed E-state index contributed by atoms with van der Waals surface area (Å²) in [6.07, 6.45) is 5.82. The van der Waals surface area contributed by atoms with Crippen LogP contribution in [-0.4, -0.2) is 28.6 Å². The molecule has 1 aromatic carbocycles. The number of hydrogen-bond donors (Lipinski definition) is 1. The van der Waals surface area contributed by atoms with Crippen molar-refractivity contribution in [3.8, 4) is 16.9 Å². The number of rotatable bonds is 5. The molecule has 2 aromatic heterocycles. The van der Waals surface area contributed by atoms with Gasteiger partial charge in [0.15, 0.2) is 0 Å². The molecule has 2 heterocycles. The van der Waals surface area contributed by atoms with Gasteiger partial charge in [-0.05, 0) is 30.5 Å². The van der Waals surface area contributed by atoms with Crippen LogP contribution in [0.4, 0.5) is 0 Å². The maximum Gasteiger partial charge on any atom is 0.271 e. The number of aromatic nitrogens is 2. The van der Waals surface area contributed by atoms with Gasteiger partial charge in [-0.15, -0.1) is 11.3 Å². The Morgan fingerprint density at radius 1 is 1.30 bits per heavy atom. The van der Waals surface area contributed by atoms with Crippen molar-refractivity contribution >= 4 is 27.5 Å². The molecule has 0 atom stereocenters. The lowest BCUT2D eigenvalue weighted by Gasteiger charge is -2.12. The van der Waals surface area contributed by atoms with Crippen molar-refractivity contribution in [3.63, 3.8) is 0 Å². The highest BCUT2D eigenvalue weighted by Crippen LogP contribution is 2.31. The summed E-state index contributed by atoms with van der Waals surface area (Å²) in [6, 6.07) is 7.90. The van der Waals surface area contributed by atoms with E-state index in [1.54, 1.807) is 7.11 Å². The van der Waals surface area contributed by atoms with E-state index in [2.05, 4.69) is 10.3 Å². The van der Waals surface area contributed by atoms with Gasteiger partial charge in [0.25, 0.3) is 5.56 Å². The van der Waals surface area contributed by atoms with E-state index in [-0.39, 0.29) is 24.1 Å². The Bertz CT molecular complexity index is 1020. The summed E-state index contributed by atoms with van der Waals surface area (Å²) in [5, 5.41) is 4.94. The smallest absolute Gasteiger partial charge is 0.271 e. The maximum absolute atomic E-state index is 12.8. The number of methoxy groups -OCH3 is 1. The number of nitrogens with zero attached hydrogens (tertiary/aromatic N) is 2. The Kier molecular flexibility index (Phi) is 4.94.